The highest BCUT2D eigenvalue weighted by atomic mass is 16.5. The van der Waals surface area contributed by atoms with Crippen LogP contribution >= 0.6 is 0 Å². The maximum atomic E-state index is 5.47. The van der Waals surface area contributed by atoms with Gasteiger partial charge in [0, 0.05) is 25.6 Å². The number of benzene rings is 1. The van der Waals surface area contributed by atoms with Crippen molar-refractivity contribution in [2.45, 2.75) is 26.2 Å². The molecule has 0 radical (unpaired) electrons. The Kier molecular flexibility index (Phi) is 4.70. The van der Waals surface area contributed by atoms with Gasteiger partial charge in [0.25, 0.3) is 0 Å². The summed E-state index contributed by atoms with van der Waals surface area (Å²) in [6.07, 6.45) is 3.82. The fourth-order valence-electron chi connectivity index (χ4n) is 3.29. The minimum Gasteiger partial charge on any atom is -0.495 e. The van der Waals surface area contributed by atoms with Gasteiger partial charge in [-0.05, 0) is 31.5 Å². The molecule has 1 heterocycles. The summed E-state index contributed by atoms with van der Waals surface area (Å²) in [4.78, 5) is 2.35. The first-order valence-electron chi connectivity index (χ1n) is 7.26. The van der Waals surface area contributed by atoms with Crippen molar-refractivity contribution in [1.29, 1.82) is 0 Å². The number of rotatable bonds is 6. The SMILES string of the molecule is CCCC1(CN(C)c2ccccc2OC)CCNC1. The summed E-state index contributed by atoms with van der Waals surface area (Å²) in [5, 5.41) is 3.53. The number of ether oxygens (including phenoxy) is 1. The lowest BCUT2D eigenvalue weighted by atomic mass is 9.82. The lowest BCUT2D eigenvalue weighted by Gasteiger charge is -2.34. The second-order valence-electron chi connectivity index (χ2n) is 5.70. The van der Waals surface area contributed by atoms with E-state index < -0.39 is 0 Å². The molecule has 0 aromatic heterocycles. The van der Waals surface area contributed by atoms with Crippen LogP contribution in [0.1, 0.15) is 26.2 Å². The Morgan fingerprint density at radius 2 is 2.16 bits per heavy atom. The Hall–Kier alpha value is -1.22. The molecule has 19 heavy (non-hydrogen) atoms. The van der Waals surface area contributed by atoms with Gasteiger partial charge in [0.15, 0.2) is 0 Å². The van der Waals surface area contributed by atoms with Crippen LogP contribution in [0, 0.1) is 5.41 Å². The van der Waals surface area contributed by atoms with Crippen molar-refractivity contribution in [2.75, 3.05) is 38.7 Å². The molecule has 1 unspecified atom stereocenters. The lowest BCUT2D eigenvalue weighted by Crippen LogP contribution is -2.37. The minimum absolute atomic E-state index is 0.421. The third-order valence-corrected chi connectivity index (χ3v) is 4.18. The molecule has 106 valence electrons. The van der Waals surface area contributed by atoms with Crippen LogP contribution < -0.4 is 15.0 Å². The molecule has 1 aromatic carbocycles. The maximum Gasteiger partial charge on any atom is 0.142 e. The van der Waals surface area contributed by atoms with Gasteiger partial charge in [-0.1, -0.05) is 25.5 Å². The first-order chi connectivity index (χ1) is 9.21. The predicted molar refractivity (Wildman–Crippen MR) is 81.1 cm³/mol. The fraction of sp³-hybridized carbons (Fsp3) is 0.625. The molecule has 1 aliphatic rings. The van der Waals surface area contributed by atoms with E-state index in [1.807, 2.05) is 12.1 Å². The van der Waals surface area contributed by atoms with Crippen LogP contribution in [0.25, 0.3) is 0 Å². The highest BCUT2D eigenvalue weighted by Gasteiger charge is 2.34. The topological polar surface area (TPSA) is 24.5 Å². The van der Waals surface area contributed by atoms with Crippen LogP contribution in [0.2, 0.25) is 0 Å². The first kappa shape index (κ1) is 14.2. The summed E-state index contributed by atoms with van der Waals surface area (Å²) in [6, 6.07) is 8.27. The second kappa shape index (κ2) is 6.29. The van der Waals surface area contributed by atoms with Crippen molar-refractivity contribution >= 4 is 5.69 Å². The van der Waals surface area contributed by atoms with Crippen LogP contribution in [0.4, 0.5) is 5.69 Å². The second-order valence-corrected chi connectivity index (χ2v) is 5.70. The van der Waals surface area contributed by atoms with Crippen molar-refractivity contribution in [2.24, 2.45) is 5.41 Å². The monoisotopic (exact) mass is 262 g/mol. The minimum atomic E-state index is 0.421. The maximum absolute atomic E-state index is 5.47. The van der Waals surface area contributed by atoms with Crippen molar-refractivity contribution in [1.82, 2.24) is 5.32 Å². The normalized spacial score (nSPS) is 22.5. The van der Waals surface area contributed by atoms with E-state index in [1.165, 1.54) is 24.9 Å². The van der Waals surface area contributed by atoms with Gasteiger partial charge in [-0.3, -0.25) is 0 Å². The van der Waals surface area contributed by atoms with E-state index in [0.717, 1.165) is 25.4 Å². The molecule has 3 nitrogen and oxygen atoms in total. The zero-order valence-corrected chi connectivity index (χ0v) is 12.4. The number of nitrogens with one attached hydrogen (secondary N) is 1. The standard InChI is InChI=1S/C16H26N2O/c1-4-9-16(10-11-17-12-16)13-18(2)14-7-5-6-8-15(14)19-3/h5-8,17H,4,9-13H2,1-3H3. The molecule has 1 fully saturated rings. The Balaban J connectivity index is 2.12. The summed E-state index contributed by atoms with van der Waals surface area (Å²) in [6.45, 7) is 5.66. The smallest absolute Gasteiger partial charge is 0.142 e. The van der Waals surface area contributed by atoms with E-state index in [1.54, 1.807) is 7.11 Å². The highest BCUT2D eigenvalue weighted by Crippen LogP contribution is 2.35. The molecule has 0 saturated carbocycles. The molecular formula is C16H26N2O. The zero-order valence-electron chi connectivity index (χ0n) is 12.4. The molecule has 0 bridgehead atoms. The summed E-state index contributed by atoms with van der Waals surface area (Å²) in [5.74, 6) is 0.961. The van der Waals surface area contributed by atoms with Gasteiger partial charge in [0.2, 0.25) is 0 Å². The van der Waals surface area contributed by atoms with E-state index in [4.69, 9.17) is 4.74 Å². The zero-order chi connectivity index (χ0) is 13.7. The fourth-order valence-corrected chi connectivity index (χ4v) is 3.29. The average molecular weight is 262 g/mol. The van der Waals surface area contributed by atoms with Gasteiger partial charge in [0.05, 0.1) is 12.8 Å². The highest BCUT2D eigenvalue weighted by molar-refractivity contribution is 5.58. The number of para-hydroxylation sites is 2. The van der Waals surface area contributed by atoms with E-state index in [-0.39, 0.29) is 0 Å². The molecule has 0 amide bonds. The average Bonchev–Trinajstić information content (AvgIpc) is 2.87. The van der Waals surface area contributed by atoms with Crippen LogP contribution in [-0.2, 0) is 0 Å². The van der Waals surface area contributed by atoms with Crippen LogP contribution in [-0.4, -0.2) is 33.8 Å². The molecule has 1 aliphatic heterocycles. The molecule has 1 atom stereocenters. The van der Waals surface area contributed by atoms with Gasteiger partial charge in [-0.25, -0.2) is 0 Å². The van der Waals surface area contributed by atoms with E-state index in [9.17, 15) is 0 Å². The lowest BCUT2D eigenvalue weighted by molar-refractivity contribution is 0.298. The van der Waals surface area contributed by atoms with E-state index in [0.29, 0.717) is 5.41 Å². The van der Waals surface area contributed by atoms with Crippen molar-refractivity contribution in [3.8, 4) is 5.75 Å². The van der Waals surface area contributed by atoms with Crippen molar-refractivity contribution < 1.29 is 4.74 Å². The molecule has 1 aromatic rings. The molecule has 1 N–H and O–H groups in total. The Morgan fingerprint density at radius 3 is 2.79 bits per heavy atom. The van der Waals surface area contributed by atoms with E-state index in [2.05, 4.69) is 36.3 Å². The molecule has 2 rings (SSSR count). The largest absolute Gasteiger partial charge is 0.495 e. The summed E-state index contributed by atoms with van der Waals surface area (Å²) >= 11 is 0. The predicted octanol–water partition coefficient (Wildman–Crippen LogP) is 2.91. The third-order valence-electron chi connectivity index (χ3n) is 4.18. The quantitative estimate of drug-likeness (QED) is 0.853. The molecule has 3 heteroatoms. The Morgan fingerprint density at radius 1 is 1.37 bits per heavy atom. The van der Waals surface area contributed by atoms with Crippen LogP contribution in [0.15, 0.2) is 24.3 Å². The summed E-state index contributed by atoms with van der Waals surface area (Å²) < 4.78 is 5.47. The Labute approximate surface area is 116 Å². The number of nitrogens with zero attached hydrogens (tertiary/aromatic N) is 1. The number of hydrogen-bond acceptors (Lipinski definition) is 3. The van der Waals surface area contributed by atoms with Crippen molar-refractivity contribution in [3.05, 3.63) is 24.3 Å². The van der Waals surface area contributed by atoms with Crippen molar-refractivity contribution in [3.63, 3.8) is 0 Å². The van der Waals surface area contributed by atoms with Gasteiger partial charge in [-0.2, -0.15) is 0 Å². The van der Waals surface area contributed by atoms with Gasteiger partial charge >= 0.3 is 0 Å². The molecule has 1 saturated heterocycles. The summed E-state index contributed by atoms with van der Waals surface area (Å²) in [7, 11) is 3.92. The molecular weight excluding hydrogens is 236 g/mol. The summed E-state index contributed by atoms with van der Waals surface area (Å²) in [5.41, 5.74) is 1.61. The third kappa shape index (κ3) is 3.21. The molecule has 0 spiro atoms. The Bertz CT molecular complexity index is 399. The first-order valence-corrected chi connectivity index (χ1v) is 7.26. The number of anilines is 1. The van der Waals surface area contributed by atoms with Gasteiger partial charge < -0.3 is 15.0 Å². The molecule has 0 aliphatic carbocycles. The van der Waals surface area contributed by atoms with Crippen LogP contribution in [0.3, 0.4) is 0 Å². The number of methoxy groups -OCH3 is 1. The van der Waals surface area contributed by atoms with Gasteiger partial charge in [0.1, 0.15) is 5.75 Å². The number of hydrogen-bond donors (Lipinski definition) is 1. The van der Waals surface area contributed by atoms with Gasteiger partial charge in [-0.15, -0.1) is 0 Å². The van der Waals surface area contributed by atoms with E-state index >= 15 is 0 Å². The van der Waals surface area contributed by atoms with Crippen LogP contribution in [0.5, 0.6) is 5.75 Å².